The molecule has 5 heteroatoms. The first-order chi connectivity index (χ1) is 23.9. The summed E-state index contributed by atoms with van der Waals surface area (Å²) in [5, 5.41) is 3.78. The van der Waals surface area contributed by atoms with Gasteiger partial charge in [0.15, 0.2) is 5.78 Å². The summed E-state index contributed by atoms with van der Waals surface area (Å²) >= 11 is 6.11. The molecule has 1 aromatic carbocycles. The lowest BCUT2D eigenvalue weighted by molar-refractivity contribution is -0.162. The Hall–Kier alpha value is -1.94. The van der Waals surface area contributed by atoms with E-state index in [-0.39, 0.29) is 28.1 Å². The fourth-order valence-electron chi connectivity index (χ4n) is 14.2. The summed E-state index contributed by atoms with van der Waals surface area (Å²) in [6.07, 6.45) is 12.4. The number of benzene rings is 1. The van der Waals surface area contributed by atoms with Crippen LogP contribution in [0.2, 0.25) is 5.02 Å². The van der Waals surface area contributed by atoms with Crippen molar-refractivity contribution in [2.75, 3.05) is 5.32 Å². The predicted molar refractivity (Wildman–Crippen MR) is 208 cm³/mol. The molecule has 280 valence electrons. The molecule has 1 aromatic rings. The van der Waals surface area contributed by atoms with Gasteiger partial charge in [0.2, 0.25) is 5.91 Å². The van der Waals surface area contributed by atoms with Crippen molar-refractivity contribution in [3.05, 3.63) is 40.4 Å². The van der Waals surface area contributed by atoms with Crippen LogP contribution in [0.15, 0.2) is 35.4 Å². The number of ketones is 2. The minimum absolute atomic E-state index is 0.00949. The molecule has 6 aliphatic rings. The normalized spacial score (nSPS) is 40.1. The van der Waals surface area contributed by atoms with E-state index in [2.05, 4.69) is 67.6 Å². The molecule has 0 aromatic heterocycles. The molecule has 5 fully saturated rings. The van der Waals surface area contributed by atoms with Crippen LogP contribution >= 0.6 is 11.6 Å². The van der Waals surface area contributed by atoms with Gasteiger partial charge in [0.05, 0.1) is 0 Å². The Morgan fingerprint density at radius 2 is 1.65 bits per heavy atom. The molecule has 1 N–H and O–H groups in total. The first-order valence-corrected chi connectivity index (χ1v) is 21.1. The Morgan fingerprint density at radius 3 is 2.29 bits per heavy atom. The molecule has 0 aliphatic heterocycles. The summed E-state index contributed by atoms with van der Waals surface area (Å²) in [5.74, 6) is 6.26. The fraction of sp³-hybridized carbons (Fsp3) is 0.761. The minimum Gasteiger partial charge on any atom is -0.326 e. The Kier molecular flexibility index (Phi) is 9.62. The second kappa shape index (κ2) is 13.1. The van der Waals surface area contributed by atoms with Crippen LogP contribution < -0.4 is 5.32 Å². The maximum absolute atomic E-state index is 14.1. The van der Waals surface area contributed by atoms with E-state index in [1.807, 2.05) is 24.3 Å². The number of anilines is 1. The second-order valence-corrected chi connectivity index (χ2v) is 20.9. The van der Waals surface area contributed by atoms with E-state index in [1.54, 1.807) is 0 Å². The van der Waals surface area contributed by atoms with Gasteiger partial charge in [-0.15, -0.1) is 0 Å². The fourth-order valence-corrected chi connectivity index (χ4v) is 14.4. The zero-order chi connectivity index (χ0) is 36.8. The molecule has 11 atom stereocenters. The van der Waals surface area contributed by atoms with Crippen LogP contribution in [0.1, 0.15) is 139 Å². The Balaban J connectivity index is 1.12. The molecule has 0 saturated heterocycles. The van der Waals surface area contributed by atoms with Gasteiger partial charge in [-0.25, -0.2) is 0 Å². The van der Waals surface area contributed by atoms with Crippen molar-refractivity contribution in [1.29, 1.82) is 0 Å². The lowest BCUT2D eigenvalue weighted by atomic mass is 9.39. The van der Waals surface area contributed by atoms with E-state index in [0.717, 1.165) is 36.9 Å². The van der Waals surface area contributed by atoms with Crippen molar-refractivity contribution >= 4 is 34.8 Å². The average Bonchev–Trinajstić information content (AvgIpc) is 3.39. The smallest absolute Gasteiger partial charge is 0.224 e. The molecule has 1 amide bonds. The monoisotopic (exact) mass is 715 g/mol. The van der Waals surface area contributed by atoms with Crippen molar-refractivity contribution in [2.45, 2.75) is 139 Å². The molecule has 0 bridgehead atoms. The van der Waals surface area contributed by atoms with Gasteiger partial charge in [-0.2, -0.15) is 0 Å². The van der Waals surface area contributed by atoms with Gasteiger partial charge in [-0.3, -0.25) is 14.4 Å². The number of Topliss-reactive ketones (excluding diaryl/α,β-unsaturated/α-hetero) is 2. The summed E-state index contributed by atoms with van der Waals surface area (Å²) in [6, 6.07) is 7.33. The Morgan fingerprint density at radius 1 is 0.941 bits per heavy atom. The highest BCUT2D eigenvalue weighted by Crippen LogP contribution is 2.72. The topological polar surface area (TPSA) is 63.2 Å². The standard InChI is InChI=1S/C46H66ClNO3/c1-26(2)41-38(50)24-46(43(5,6)25-40(51)48-31-12-10-30(47)11-13-31)21-19-32-33-15-17-39-44(7,8)29(23-37(49)35-22-27(3)28(35)4)18-20-45(39,9)36(33)16-14-34(32)42(41)46/h10-13,26-29,32-36,39H,14-25H2,1-9H3,(H,48,51). The molecule has 0 radical (unpaired) electrons. The van der Waals surface area contributed by atoms with Crippen molar-refractivity contribution in [1.82, 2.24) is 0 Å². The number of allylic oxidation sites excluding steroid dienone is 2. The maximum Gasteiger partial charge on any atom is 0.224 e. The third kappa shape index (κ3) is 5.94. The van der Waals surface area contributed by atoms with Crippen LogP contribution in [-0.2, 0) is 14.4 Å². The highest BCUT2D eigenvalue weighted by Gasteiger charge is 2.65. The summed E-state index contributed by atoms with van der Waals surface area (Å²) in [5.41, 5.74) is 3.20. The zero-order valence-electron chi connectivity index (χ0n) is 33.2. The van der Waals surface area contributed by atoms with E-state index < -0.39 is 0 Å². The lowest BCUT2D eigenvalue weighted by Crippen LogP contribution is -2.58. The largest absolute Gasteiger partial charge is 0.326 e. The van der Waals surface area contributed by atoms with Crippen LogP contribution in [0, 0.1) is 80.8 Å². The quantitative estimate of drug-likeness (QED) is 0.291. The van der Waals surface area contributed by atoms with Gasteiger partial charge in [0.1, 0.15) is 5.78 Å². The van der Waals surface area contributed by atoms with Gasteiger partial charge in [-0.05, 0) is 157 Å². The van der Waals surface area contributed by atoms with Gasteiger partial charge in [0.25, 0.3) is 0 Å². The summed E-state index contributed by atoms with van der Waals surface area (Å²) in [6.45, 7) is 21.3. The van der Waals surface area contributed by atoms with Gasteiger partial charge in [-0.1, -0.05) is 79.5 Å². The first-order valence-electron chi connectivity index (χ1n) is 20.8. The highest BCUT2D eigenvalue weighted by atomic mass is 35.5. The average molecular weight is 716 g/mol. The van der Waals surface area contributed by atoms with Crippen LogP contribution in [0.5, 0.6) is 0 Å². The number of rotatable bonds is 8. The van der Waals surface area contributed by atoms with E-state index >= 15 is 0 Å². The van der Waals surface area contributed by atoms with Crippen molar-refractivity contribution < 1.29 is 14.4 Å². The van der Waals surface area contributed by atoms with Crippen molar-refractivity contribution in [3.8, 4) is 0 Å². The van der Waals surface area contributed by atoms with Crippen LogP contribution in [-0.4, -0.2) is 17.5 Å². The number of carbonyl (C=O) groups excluding carboxylic acids is 3. The first kappa shape index (κ1) is 37.4. The third-order valence-electron chi connectivity index (χ3n) is 17.3. The number of carbonyl (C=O) groups is 3. The molecule has 11 unspecified atom stereocenters. The Labute approximate surface area is 314 Å². The molecule has 7 rings (SSSR count). The lowest BCUT2D eigenvalue weighted by Gasteiger charge is -2.66. The summed E-state index contributed by atoms with van der Waals surface area (Å²) < 4.78 is 0. The summed E-state index contributed by atoms with van der Waals surface area (Å²) in [7, 11) is 0. The van der Waals surface area contributed by atoms with Gasteiger partial charge in [0, 0.05) is 41.3 Å². The highest BCUT2D eigenvalue weighted by molar-refractivity contribution is 6.30. The number of halogens is 1. The van der Waals surface area contributed by atoms with E-state index in [0.29, 0.717) is 88.1 Å². The molecule has 0 spiro atoms. The molecule has 4 nitrogen and oxygen atoms in total. The number of hydrogen-bond acceptors (Lipinski definition) is 3. The molecular formula is C46H66ClNO3. The third-order valence-corrected chi connectivity index (χ3v) is 17.5. The number of fused-ring (bicyclic) bond motifs is 7. The van der Waals surface area contributed by atoms with E-state index in [1.165, 1.54) is 44.1 Å². The van der Waals surface area contributed by atoms with Crippen molar-refractivity contribution in [2.24, 2.45) is 80.8 Å². The molecule has 6 aliphatic carbocycles. The van der Waals surface area contributed by atoms with E-state index in [4.69, 9.17) is 11.6 Å². The summed E-state index contributed by atoms with van der Waals surface area (Å²) in [4.78, 5) is 41.3. The number of nitrogens with one attached hydrogen (secondary N) is 1. The minimum atomic E-state index is -0.355. The second-order valence-electron chi connectivity index (χ2n) is 20.5. The Bertz CT molecular complexity index is 1590. The number of amides is 1. The predicted octanol–water partition coefficient (Wildman–Crippen LogP) is 11.8. The van der Waals surface area contributed by atoms with Crippen LogP contribution in [0.3, 0.4) is 0 Å². The molecule has 0 heterocycles. The van der Waals surface area contributed by atoms with Gasteiger partial charge >= 0.3 is 0 Å². The van der Waals surface area contributed by atoms with Gasteiger partial charge < -0.3 is 5.32 Å². The SMILES string of the molecule is CC(C)C1=C2C3CCC4C(CCC5C(C)(C)C(CC(=O)C6CC(C)C6C)CCC45C)C3CCC2(C(C)(C)CC(=O)Nc2ccc(Cl)cc2)CC1=O. The number of hydrogen-bond donors (Lipinski definition) is 1. The molecular weight excluding hydrogens is 650 g/mol. The van der Waals surface area contributed by atoms with Crippen molar-refractivity contribution in [3.63, 3.8) is 0 Å². The molecule has 51 heavy (non-hydrogen) atoms. The zero-order valence-corrected chi connectivity index (χ0v) is 33.9. The molecule has 5 saturated carbocycles. The van der Waals surface area contributed by atoms with E-state index in [9.17, 15) is 14.4 Å². The van der Waals surface area contributed by atoms with Crippen LogP contribution in [0.25, 0.3) is 0 Å². The maximum atomic E-state index is 14.1. The van der Waals surface area contributed by atoms with Crippen LogP contribution in [0.4, 0.5) is 5.69 Å².